The molecule has 2 heterocycles. The lowest BCUT2D eigenvalue weighted by Crippen LogP contribution is -2.23. The summed E-state index contributed by atoms with van der Waals surface area (Å²) in [5.41, 5.74) is 3.44. The minimum absolute atomic E-state index is 0.486. The summed E-state index contributed by atoms with van der Waals surface area (Å²) in [5.74, 6) is 0.992. The number of nitrogens with zero attached hydrogens (tertiary/aromatic N) is 3. The zero-order valence-corrected chi connectivity index (χ0v) is 14.3. The molecule has 21 heavy (non-hydrogen) atoms. The number of hydrogen-bond acceptors (Lipinski definition) is 5. The first kappa shape index (κ1) is 15.9. The standard InChI is InChI=1S/C16H24N4S/c1-11(2)17-8-14-6-7-16(18-12(14)3)20(5)9-15-10-21-13(4)19-15/h6-7,10-11,17H,8-9H2,1-5H3. The summed E-state index contributed by atoms with van der Waals surface area (Å²) in [7, 11) is 2.06. The van der Waals surface area contributed by atoms with E-state index in [9.17, 15) is 0 Å². The van der Waals surface area contributed by atoms with Gasteiger partial charge in [-0.05, 0) is 25.5 Å². The van der Waals surface area contributed by atoms with E-state index in [0.717, 1.165) is 35.3 Å². The molecule has 0 aliphatic carbocycles. The Bertz CT molecular complexity index is 592. The summed E-state index contributed by atoms with van der Waals surface area (Å²) in [6.07, 6.45) is 0. The van der Waals surface area contributed by atoms with Crippen molar-refractivity contribution in [2.24, 2.45) is 0 Å². The first-order valence-corrected chi connectivity index (χ1v) is 8.15. The Hall–Kier alpha value is -1.46. The van der Waals surface area contributed by atoms with Crippen LogP contribution in [0.25, 0.3) is 0 Å². The largest absolute Gasteiger partial charge is 0.354 e. The summed E-state index contributed by atoms with van der Waals surface area (Å²) in [6, 6.07) is 4.74. The van der Waals surface area contributed by atoms with E-state index in [1.807, 2.05) is 6.92 Å². The van der Waals surface area contributed by atoms with Gasteiger partial charge in [-0.25, -0.2) is 9.97 Å². The maximum Gasteiger partial charge on any atom is 0.128 e. The van der Waals surface area contributed by atoms with Gasteiger partial charge in [0, 0.05) is 30.7 Å². The Morgan fingerprint density at radius 3 is 2.57 bits per heavy atom. The fourth-order valence-corrected chi connectivity index (χ4v) is 2.70. The molecular formula is C16H24N4S. The number of anilines is 1. The molecule has 0 amide bonds. The molecule has 114 valence electrons. The summed E-state index contributed by atoms with van der Waals surface area (Å²) in [5, 5.41) is 6.65. The minimum atomic E-state index is 0.486. The van der Waals surface area contributed by atoms with Gasteiger partial charge in [0.15, 0.2) is 0 Å². The number of aryl methyl sites for hydroxylation is 2. The number of rotatable bonds is 6. The number of hydrogen-bond donors (Lipinski definition) is 1. The Labute approximate surface area is 131 Å². The molecule has 0 bridgehead atoms. The number of nitrogens with one attached hydrogen (secondary N) is 1. The van der Waals surface area contributed by atoms with Crippen LogP contribution in [0, 0.1) is 13.8 Å². The van der Waals surface area contributed by atoms with Crippen molar-refractivity contribution < 1.29 is 0 Å². The van der Waals surface area contributed by atoms with Crippen molar-refractivity contribution in [1.82, 2.24) is 15.3 Å². The number of pyridine rings is 1. The van der Waals surface area contributed by atoms with Crippen LogP contribution in [0.15, 0.2) is 17.5 Å². The van der Waals surface area contributed by atoms with Crippen LogP contribution in [0.4, 0.5) is 5.82 Å². The first-order chi connectivity index (χ1) is 9.95. The van der Waals surface area contributed by atoms with Gasteiger partial charge in [-0.15, -0.1) is 11.3 Å². The molecule has 0 radical (unpaired) electrons. The van der Waals surface area contributed by atoms with E-state index >= 15 is 0 Å². The van der Waals surface area contributed by atoms with E-state index in [-0.39, 0.29) is 0 Å². The second-order valence-electron chi connectivity index (χ2n) is 5.66. The Kier molecular flexibility index (Phi) is 5.31. The first-order valence-electron chi connectivity index (χ1n) is 7.27. The fraction of sp³-hybridized carbons (Fsp3) is 0.500. The quantitative estimate of drug-likeness (QED) is 0.889. The Morgan fingerprint density at radius 2 is 2.00 bits per heavy atom. The Balaban J connectivity index is 2.04. The topological polar surface area (TPSA) is 41.1 Å². The normalized spacial score (nSPS) is 11.1. The summed E-state index contributed by atoms with van der Waals surface area (Å²) < 4.78 is 0. The van der Waals surface area contributed by atoms with Gasteiger partial charge in [0.2, 0.25) is 0 Å². The van der Waals surface area contributed by atoms with E-state index in [4.69, 9.17) is 4.98 Å². The summed E-state index contributed by atoms with van der Waals surface area (Å²) >= 11 is 1.69. The molecule has 0 saturated carbocycles. The van der Waals surface area contributed by atoms with E-state index < -0.39 is 0 Å². The lowest BCUT2D eigenvalue weighted by Gasteiger charge is -2.19. The van der Waals surface area contributed by atoms with Gasteiger partial charge < -0.3 is 10.2 Å². The van der Waals surface area contributed by atoms with Crippen LogP contribution in [0.1, 0.15) is 35.8 Å². The van der Waals surface area contributed by atoms with Gasteiger partial charge in [0.05, 0.1) is 17.2 Å². The maximum absolute atomic E-state index is 4.72. The molecule has 5 heteroatoms. The van der Waals surface area contributed by atoms with Gasteiger partial charge in [-0.2, -0.15) is 0 Å². The van der Waals surface area contributed by atoms with Gasteiger partial charge in [-0.1, -0.05) is 19.9 Å². The van der Waals surface area contributed by atoms with Crippen molar-refractivity contribution in [1.29, 1.82) is 0 Å². The lowest BCUT2D eigenvalue weighted by atomic mass is 10.2. The predicted octanol–water partition coefficient (Wildman–Crippen LogP) is 3.29. The number of aromatic nitrogens is 2. The van der Waals surface area contributed by atoms with Crippen molar-refractivity contribution in [3.8, 4) is 0 Å². The van der Waals surface area contributed by atoms with Crippen LogP contribution < -0.4 is 10.2 Å². The lowest BCUT2D eigenvalue weighted by molar-refractivity contribution is 0.586. The van der Waals surface area contributed by atoms with E-state index in [1.54, 1.807) is 11.3 Å². The van der Waals surface area contributed by atoms with Crippen LogP contribution in [0.5, 0.6) is 0 Å². The van der Waals surface area contributed by atoms with Crippen LogP contribution in [0.3, 0.4) is 0 Å². The zero-order chi connectivity index (χ0) is 15.4. The second-order valence-corrected chi connectivity index (χ2v) is 6.73. The highest BCUT2D eigenvalue weighted by atomic mass is 32.1. The summed E-state index contributed by atoms with van der Waals surface area (Å²) in [6.45, 7) is 10.1. The van der Waals surface area contributed by atoms with Crippen molar-refractivity contribution in [3.05, 3.63) is 39.5 Å². The molecule has 0 unspecified atom stereocenters. The molecule has 1 N–H and O–H groups in total. The number of thiazole rings is 1. The van der Waals surface area contributed by atoms with Gasteiger partial charge in [-0.3, -0.25) is 0 Å². The second kappa shape index (κ2) is 7.00. The molecule has 0 aliphatic heterocycles. The monoisotopic (exact) mass is 304 g/mol. The van der Waals surface area contributed by atoms with Crippen molar-refractivity contribution >= 4 is 17.2 Å². The summed E-state index contributed by atoms with van der Waals surface area (Å²) in [4.78, 5) is 11.4. The molecule has 0 aliphatic rings. The molecular weight excluding hydrogens is 280 g/mol. The van der Waals surface area contributed by atoms with Gasteiger partial charge in [0.25, 0.3) is 0 Å². The Morgan fingerprint density at radius 1 is 1.24 bits per heavy atom. The van der Waals surface area contributed by atoms with Crippen LogP contribution in [0.2, 0.25) is 0 Å². The van der Waals surface area contributed by atoms with E-state index in [1.165, 1.54) is 5.56 Å². The fourth-order valence-electron chi connectivity index (χ4n) is 2.09. The molecule has 0 atom stereocenters. The van der Waals surface area contributed by atoms with E-state index in [2.05, 4.69) is 60.5 Å². The third-order valence-corrected chi connectivity index (χ3v) is 4.16. The van der Waals surface area contributed by atoms with Gasteiger partial charge in [0.1, 0.15) is 5.82 Å². The minimum Gasteiger partial charge on any atom is -0.354 e. The molecule has 2 aromatic rings. The zero-order valence-electron chi connectivity index (χ0n) is 13.5. The van der Waals surface area contributed by atoms with E-state index in [0.29, 0.717) is 6.04 Å². The third kappa shape index (κ3) is 4.51. The molecule has 0 aromatic carbocycles. The molecule has 0 saturated heterocycles. The highest BCUT2D eigenvalue weighted by molar-refractivity contribution is 7.09. The van der Waals surface area contributed by atoms with Gasteiger partial charge >= 0.3 is 0 Å². The van der Waals surface area contributed by atoms with Crippen LogP contribution >= 0.6 is 11.3 Å². The SMILES string of the molecule is Cc1nc(CN(C)c2ccc(CNC(C)C)c(C)n2)cs1. The van der Waals surface area contributed by atoms with Crippen molar-refractivity contribution in [3.63, 3.8) is 0 Å². The average Bonchev–Trinajstić information content (AvgIpc) is 2.82. The van der Waals surface area contributed by atoms with Crippen LogP contribution in [-0.4, -0.2) is 23.1 Å². The maximum atomic E-state index is 4.72. The molecule has 2 aromatic heterocycles. The van der Waals surface area contributed by atoms with Crippen molar-refractivity contribution in [2.45, 2.75) is 46.8 Å². The highest BCUT2D eigenvalue weighted by Crippen LogP contribution is 2.17. The molecule has 0 fully saturated rings. The molecule has 4 nitrogen and oxygen atoms in total. The van der Waals surface area contributed by atoms with Crippen molar-refractivity contribution in [2.75, 3.05) is 11.9 Å². The average molecular weight is 304 g/mol. The molecule has 0 spiro atoms. The van der Waals surface area contributed by atoms with Crippen LogP contribution in [-0.2, 0) is 13.1 Å². The highest BCUT2D eigenvalue weighted by Gasteiger charge is 2.08. The predicted molar refractivity (Wildman–Crippen MR) is 89.9 cm³/mol. The smallest absolute Gasteiger partial charge is 0.128 e. The molecule has 2 rings (SSSR count). The third-order valence-electron chi connectivity index (χ3n) is 3.34.